The number of esters is 1. The van der Waals surface area contributed by atoms with E-state index < -0.39 is 12.0 Å². The molecule has 0 aliphatic carbocycles. The largest absolute Gasteiger partial charge is 0.493 e. The first kappa shape index (κ1) is 27.9. The summed E-state index contributed by atoms with van der Waals surface area (Å²) >= 11 is 11.1. The molecule has 0 spiro atoms. The van der Waals surface area contributed by atoms with Crippen LogP contribution in [0.25, 0.3) is 6.08 Å². The lowest BCUT2D eigenvalue weighted by molar-refractivity contribution is -0.136. The van der Waals surface area contributed by atoms with Crippen molar-refractivity contribution in [3.8, 4) is 11.5 Å². The van der Waals surface area contributed by atoms with Crippen LogP contribution in [0.5, 0.6) is 11.5 Å². The van der Waals surface area contributed by atoms with Gasteiger partial charge in [0.1, 0.15) is 6.61 Å². The van der Waals surface area contributed by atoms with Crippen LogP contribution >= 0.6 is 38.9 Å². The predicted octanol–water partition coefficient (Wildman–Crippen LogP) is 5.41. The zero-order valence-corrected chi connectivity index (χ0v) is 25.0. The van der Waals surface area contributed by atoms with Gasteiger partial charge in [-0.1, -0.05) is 71.5 Å². The van der Waals surface area contributed by atoms with Crippen LogP contribution < -0.4 is 24.4 Å². The van der Waals surface area contributed by atoms with E-state index in [1.807, 2.05) is 60.7 Å². The molecule has 1 aliphatic heterocycles. The summed E-state index contributed by atoms with van der Waals surface area (Å²) in [6.07, 6.45) is 1.77. The minimum absolute atomic E-state index is 0.258. The Kier molecular flexibility index (Phi) is 8.25. The summed E-state index contributed by atoms with van der Waals surface area (Å²) in [5.41, 5.74) is 2.93. The number of fused-ring (bicyclic) bond motifs is 1. The zero-order chi connectivity index (χ0) is 28.4. The Morgan fingerprint density at radius 3 is 2.55 bits per heavy atom. The molecule has 0 radical (unpaired) electrons. The predicted molar refractivity (Wildman–Crippen MR) is 159 cm³/mol. The first-order valence-corrected chi connectivity index (χ1v) is 14.2. The number of nitrogens with zero attached hydrogens (tertiary/aromatic N) is 2. The number of hydrogen-bond donors (Lipinski definition) is 0. The van der Waals surface area contributed by atoms with Crippen molar-refractivity contribution in [1.29, 1.82) is 0 Å². The van der Waals surface area contributed by atoms with Gasteiger partial charge in [-0.2, -0.15) is 0 Å². The first-order chi connectivity index (χ1) is 19.3. The summed E-state index contributed by atoms with van der Waals surface area (Å²) in [6.45, 7) is 2.01. The number of thiazole rings is 1. The second-order valence-corrected chi connectivity index (χ2v) is 11.2. The molecule has 1 aromatic heterocycles. The van der Waals surface area contributed by atoms with E-state index in [1.54, 1.807) is 30.7 Å². The number of methoxy groups -OCH3 is 2. The smallest absolute Gasteiger partial charge is 0.338 e. The number of aromatic nitrogens is 1. The average Bonchev–Trinajstić information content (AvgIpc) is 3.26. The van der Waals surface area contributed by atoms with Crippen LogP contribution in [0, 0.1) is 0 Å². The Balaban J connectivity index is 1.57. The third-order valence-corrected chi connectivity index (χ3v) is 8.36. The van der Waals surface area contributed by atoms with Crippen molar-refractivity contribution in [3.05, 3.63) is 124 Å². The summed E-state index contributed by atoms with van der Waals surface area (Å²) in [4.78, 5) is 31.7. The summed E-state index contributed by atoms with van der Waals surface area (Å²) < 4.78 is 19.4. The molecule has 40 heavy (non-hydrogen) atoms. The number of ether oxygens (including phenoxy) is 3. The molecule has 0 bridgehead atoms. The molecule has 1 aliphatic rings. The summed E-state index contributed by atoms with van der Waals surface area (Å²) in [5, 5.41) is 0.615. The summed E-state index contributed by atoms with van der Waals surface area (Å²) in [7, 11) is 2.88. The van der Waals surface area contributed by atoms with Crippen LogP contribution in [0.2, 0.25) is 5.02 Å². The minimum Gasteiger partial charge on any atom is -0.493 e. The van der Waals surface area contributed by atoms with E-state index in [1.165, 1.54) is 18.4 Å². The van der Waals surface area contributed by atoms with Crippen LogP contribution in [-0.4, -0.2) is 24.8 Å². The van der Waals surface area contributed by atoms with Crippen LogP contribution in [-0.2, 0) is 16.1 Å². The maximum atomic E-state index is 13.8. The molecule has 5 rings (SSSR count). The molecule has 0 unspecified atom stereocenters. The molecule has 4 aromatic rings. The molecule has 7 nitrogen and oxygen atoms in total. The molecule has 0 N–H and O–H groups in total. The molecule has 0 fully saturated rings. The zero-order valence-electron chi connectivity index (χ0n) is 21.8. The van der Waals surface area contributed by atoms with Gasteiger partial charge in [0.25, 0.3) is 5.56 Å². The van der Waals surface area contributed by atoms with Crippen LogP contribution in [0.4, 0.5) is 0 Å². The third kappa shape index (κ3) is 5.37. The van der Waals surface area contributed by atoms with E-state index in [9.17, 15) is 9.59 Å². The Labute approximate surface area is 247 Å². The minimum atomic E-state index is -0.658. The normalized spacial score (nSPS) is 14.9. The van der Waals surface area contributed by atoms with E-state index >= 15 is 0 Å². The van der Waals surface area contributed by atoms with Gasteiger partial charge in [-0.15, -0.1) is 0 Å². The number of allylic oxidation sites excluding steroid dienone is 1. The number of hydrogen-bond acceptors (Lipinski definition) is 7. The van der Waals surface area contributed by atoms with Gasteiger partial charge in [-0.05, 0) is 58.3 Å². The van der Waals surface area contributed by atoms with Gasteiger partial charge in [0, 0.05) is 10.6 Å². The second kappa shape index (κ2) is 11.8. The van der Waals surface area contributed by atoms with Gasteiger partial charge in [0.2, 0.25) is 0 Å². The lowest BCUT2D eigenvalue weighted by Gasteiger charge is -2.24. The molecule has 0 amide bonds. The van der Waals surface area contributed by atoms with E-state index in [0.29, 0.717) is 41.6 Å². The van der Waals surface area contributed by atoms with Gasteiger partial charge in [0.15, 0.2) is 16.3 Å². The summed E-state index contributed by atoms with van der Waals surface area (Å²) in [5.74, 6) is 0.486. The highest BCUT2D eigenvalue weighted by molar-refractivity contribution is 9.10. The number of carbonyl (C=O) groups excluding carboxylic acids is 1. The molecular formula is C30H24BrClN2O5S. The van der Waals surface area contributed by atoms with Gasteiger partial charge >= 0.3 is 5.97 Å². The quantitative estimate of drug-likeness (QED) is 0.253. The molecule has 204 valence electrons. The van der Waals surface area contributed by atoms with Gasteiger partial charge in [-0.3, -0.25) is 9.36 Å². The van der Waals surface area contributed by atoms with E-state index in [4.69, 9.17) is 25.8 Å². The van der Waals surface area contributed by atoms with Crippen molar-refractivity contribution in [2.24, 2.45) is 4.99 Å². The molecule has 10 heteroatoms. The SMILES string of the molecule is COC(=O)C1=C(C)N=c2s/c(=C\c3cc(Br)c(OCc4ccccc4Cl)c(OC)c3)c(=O)n2[C@@H]1c1ccccc1. The molecule has 0 saturated carbocycles. The second-order valence-electron chi connectivity index (χ2n) is 8.90. The maximum Gasteiger partial charge on any atom is 0.338 e. The van der Waals surface area contributed by atoms with Crippen molar-refractivity contribution < 1.29 is 19.0 Å². The van der Waals surface area contributed by atoms with Crippen molar-refractivity contribution in [2.75, 3.05) is 14.2 Å². The molecule has 2 heterocycles. The van der Waals surface area contributed by atoms with Crippen LogP contribution in [0.15, 0.2) is 92.3 Å². The number of benzene rings is 3. The molecular weight excluding hydrogens is 616 g/mol. The molecule has 0 saturated heterocycles. The number of carbonyl (C=O) groups is 1. The number of halogens is 2. The third-order valence-electron chi connectivity index (χ3n) is 6.42. The Morgan fingerprint density at radius 1 is 1.12 bits per heavy atom. The van der Waals surface area contributed by atoms with Crippen molar-refractivity contribution >= 4 is 50.9 Å². The Bertz CT molecular complexity index is 1810. The number of rotatable bonds is 7. The van der Waals surface area contributed by atoms with E-state index in [2.05, 4.69) is 20.9 Å². The van der Waals surface area contributed by atoms with Gasteiger partial charge < -0.3 is 14.2 Å². The van der Waals surface area contributed by atoms with Crippen LogP contribution in [0.3, 0.4) is 0 Å². The van der Waals surface area contributed by atoms with Gasteiger partial charge in [0.05, 0.1) is 40.5 Å². The topological polar surface area (TPSA) is 79.1 Å². The molecule has 3 aromatic carbocycles. The van der Waals surface area contributed by atoms with E-state index in [0.717, 1.165) is 16.7 Å². The Morgan fingerprint density at radius 2 is 1.85 bits per heavy atom. The highest BCUT2D eigenvalue weighted by Gasteiger charge is 2.32. The fourth-order valence-electron chi connectivity index (χ4n) is 4.52. The highest BCUT2D eigenvalue weighted by atomic mass is 79.9. The fourth-order valence-corrected chi connectivity index (χ4v) is 6.33. The maximum absolute atomic E-state index is 13.8. The lowest BCUT2D eigenvalue weighted by Crippen LogP contribution is -2.39. The fraction of sp³-hybridized carbons (Fsp3) is 0.167. The standard InChI is InChI=1S/C30H24BrClN2O5S/c1-17-25(29(36)38-3)26(19-9-5-4-6-10-19)34-28(35)24(40-30(34)33-17)15-18-13-21(31)27(23(14-18)37-2)39-16-20-11-7-8-12-22(20)32/h4-15,26H,16H2,1-3H3/b24-15-/t26-/m1/s1. The van der Waals surface area contributed by atoms with Crippen LogP contribution in [0.1, 0.15) is 29.7 Å². The van der Waals surface area contributed by atoms with Gasteiger partial charge in [-0.25, -0.2) is 9.79 Å². The average molecular weight is 640 g/mol. The summed E-state index contributed by atoms with van der Waals surface area (Å²) in [6, 6.07) is 19.8. The first-order valence-electron chi connectivity index (χ1n) is 12.2. The molecule has 1 atom stereocenters. The Hall–Kier alpha value is -3.66. The van der Waals surface area contributed by atoms with Crippen molar-refractivity contribution in [1.82, 2.24) is 4.57 Å². The van der Waals surface area contributed by atoms with Crippen molar-refractivity contribution in [2.45, 2.75) is 19.6 Å². The lowest BCUT2D eigenvalue weighted by atomic mass is 9.96. The monoisotopic (exact) mass is 638 g/mol. The van der Waals surface area contributed by atoms with E-state index in [-0.39, 0.29) is 12.2 Å². The highest BCUT2D eigenvalue weighted by Crippen LogP contribution is 2.38. The van der Waals surface area contributed by atoms with Crippen molar-refractivity contribution in [3.63, 3.8) is 0 Å².